The molecule has 0 heterocycles. The van der Waals surface area contributed by atoms with Gasteiger partial charge in [-0.1, -0.05) is 30.3 Å². The summed E-state index contributed by atoms with van der Waals surface area (Å²) in [5.41, 5.74) is 5.59. The Hall–Kier alpha value is -1.55. The molecular formula is C8H9NO3. The second-order valence-electron chi connectivity index (χ2n) is 2.15. The summed E-state index contributed by atoms with van der Waals surface area (Å²) < 4.78 is 0. The molecule has 0 saturated carbocycles. The first-order valence-electron chi connectivity index (χ1n) is 3.42. The molecule has 0 aliphatic rings. The summed E-state index contributed by atoms with van der Waals surface area (Å²) in [5.74, 6) is 0. The number of amides is 1. The Bertz CT molecular complexity index is 248. The van der Waals surface area contributed by atoms with Crippen LogP contribution in [-0.4, -0.2) is 6.09 Å². The first kappa shape index (κ1) is 8.55. The normalized spacial score (nSPS) is 9.33. The first-order valence-corrected chi connectivity index (χ1v) is 3.42. The molecule has 1 rings (SSSR count). The molecule has 1 aromatic carbocycles. The van der Waals surface area contributed by atoms with Crippen molar-refractivity contribution in [3.8, 4) is 0 Å². The van der Waals surface area contributed by atoms with E-state index >= 15 is 0 Å². The Morgan fingerprint density at radius 3 is 2.58 bits per heavy atom. The average Bonchev–Trinajstić information content (AvgIpc) is 2.05. The van der Waals surface area contributed by atoms with Gasteiger partial charge in [0.2, 0.25) is 0 Å². The van der Waals surface area contributed by atoms with Crippen LogP contribution in [0.1, 0.15) is 5.56 Å². The predicted molar refractivity (Wildman–Crippen MR) is 41.9 cm³/mol. The fourth-order valence-corrected chi connectivity index (χ4v) is 0.730. The number of hydrogen-bond donors (Lipinski definition) is 1. The number of nitrogens with two attached hydrogens (primary N) is 1. The highest BCUT2D eigenvalue weighted by Gasteiger charge is 1.95. The Kier molecular flexibility index (Phi) is 3.10. The largest absolute Gasteiger partial charge is 0.436 e. The second-order valence-corrected chi connectivity index (χ2v) is 2.15. The number of carbonyl (C=O) groups is 1. The molecule has 64 valence electrons. The van der Waals surface area contributed by atoms with Crippen molar-refractivity contribution in [2.45, 2.75) is 6.61 Å². The number of rotatable bonds is 3. The van der Waals surface area contributed by atoms with Gasteiger partial charge in [0.15, 0.2) is 0 Å². The van der Waals surface area contributed by atoms with Crippen molar-refractivity contribution in [2.75, 3.05) is 0 Å². The maximum Gasteiger partial charge on any atom is 0.436 e. The molecule has 1 aromatic rings. The van der Waals surface area contributed by atoms with Crippen molar-refractivity contribution < 1.29 is 14.6 Å². The molecular weight excluding hydrogens is 158 g/mol. The van der Waals surface area contributed by atoms with Crippen LogP contribution in [0.25, 0.3) is 0 Å². The fraction of sp³-hybridized carbons (Fsp3) is 0.125. The molecule has 0 aliphatic heterocycles. The lowest BCUT2D eigenvalue weighted by molar-refractivity contribution is -0.246. The van der Waals surface area contributed by atoms with Crippen LogP contribution in [0.5, 0.6) is 0 Å². The molecule has 0 unspecified atom stereocenters. The summed E-state index contributed by atoms with van der Waals surface area (Å²) in [5, 5.41) is 0. The number of primary amides is 1. The molecule has 2 N–H and O–H groups in total. The van der Waals surface area contributed by atoms with Crippen LogP contribution in [-0.2, 0) is 16.4 Å². The summed E-state index contributed by atoms with van der Waals surface area (Å²) in [4.78, 5) is 18.7. The third kappa shape index (κ3) is 3.03. The van der Waals surface area contributed by atoms with Gasteiger partial charge in [-0.2, -0.15) is 4.89 Å². The Morgan fingerprint density at radius 2 is 2.00 bits per heavy atom. The van der Waals surface area contributed by atoms with Crippen molar-refractivity contribution >= 4 is 6.09 Å². The van der Waals surface area contributed by atoms with Crippen molar-refractivity contribution in [3.63, 3.8) is 0 Å². The van der Waals surface area contributed by atoms with Gasteiger partial charge in [-0.05, 0) is 5.56 Å². The van der Waals surface area contributed by atoms with E-state index in [0.717, 1.165) is 5.56 Å². The lowest BCUT2D eigenvalue weighted by Crippen LogP contribution is -2.13. The van der Waals surface area contributed by atoms with Gasteiger partial charge in [-0.25, -0.2) is 4.79 Å². The first-order chi connectivity index (χ1) is 5.79. The molecule has 0 spiro atoms. The zero-order valence-electron chi connectivity index (χ0n) is 6.40. The molecule has 1 amide bonds. The zero-order valence-corrected chi connectivity index (χ0v) is 6.40. The lowest BCUT2D eigenvalue weighted by atomic mass is 10.2. The standard InChI is InChI=1S/C8H9NO3/c9-8(10)12-11-6-7-4-2-1-3-5-7/h1-5H,6H2,(H2,9,10). The molecule has 0 bridgehead atoms. The summed E-state index contributed by atoms with van der Waals surface area (Å²) in [7, 11) is 0. The summed E-state index contributed by atoms with van der Waals surface area (Å²) in [6.07, 6.45) is -0.939. The molecule has 0 saturated heterocycles. The quantitative estimate of drug-likeness (QED) is 0.543. The van der Waals surface area contributed by atoms with Crippen molar-refractivity contribution in [3.05, 3.63) is 35.9 Å². The zero-order chi connectivity index (χ0) is 8.81. The summed E-state index contributed by atoms with van der Waals surface area (Å²) >= 11 is 0. The topological polar surface area (TPSA) is 61.6 Å². The maximum atomic E-state index is 10.1. The lowest BCUT2D eigenvalue weighted by Gasteiger charge is -1.99. The van der Waals surface area contributed by atoms with E-state index in [1.165, 1.54) is 0 Å². The highest BCUT2D eigenvalue weighted by molar-refractivity contribution is 5.63. The van der Waals surface area contributed by atoms with Crippen LogP contribution in [0.3, 0.4) is 0 Å². The van der Waals surface area contributed by atoms with Gasteiger partial charge in [0.1, 0.15) is 6.61 Å². The Labute approximate surface area is 69.8 Å². The molecule has 0 radical (unpaired) electrons. The van der Waals surface area contributed by atoms with Crippen LogP contribution in [0.15, 0.2) is 30.3 Å². The van der Waals surface area contributed by atoms with Crippen molar-refractivity contribution in [1.82, 2.24) is 0 Å². The van der Waals surface area contributed by atoms with Crippen molar-refractivity contribution in [1.29, 1.82) is 0 Å². The van der Waals surface area contributed by atoms with E-state index in [0.29, 0.717) is 0 Å². The van der Waals surface area contributed by atoms with Crippen LogP contribution in [0.4, 0.5) is 4.79 Å². The summed E-state index contributed by atoms with van der Waals surface area (Å²) in [6, 6.07) is 9.32. The molecule has 12 heavy (non-hydrogen) atoms. The highest BCUT2D eigenvalue weighted by atomic mass is 17.2. The maximum absolute atomic E-state index is 10.1. The molecule has 0 aliphatic carbocycles. The fourth-order valence-electron chi connectivity index (χ4n) is 0.730. The molecule has 0 atom stereocenters. The number of hydrogen-bond acceptors (Lipinski definition) is 3. The molecule has 4 nitrogen and oxygen atoms in total. The third-order valence-electron chi connectivity index (χ3n) is 1.21. The van der Waals surface area contributed by atoms with Gasteiger partial charge in [-0.3, -0.25) is 4.89 Å². The highest BCUT2D eigenvalue weighted by Crippen LogP contribution is 2.00. The minimum Gasteiger partial charge on any atom is -0.333 e. The average molecular weight is 167 g/mol. The minimum atomic E-state index is -0.939. The predicted octanol–water partition coefficient (Wildman–Crippen LogP) is 1.21. The van der Waals surface area contributed by atoms with E-state index < -0.39 is 6.09 Å². The van der Waals surface area contributed by atoms with E-state index in [-0.39, 0.29) is 6.61 Å². The van der Waals surface area contributed by atoms with E-state index in [9.17, 15) is 4.79 Å². The van der Waals surface area contributed by atoms with Crippen molar-refractivity contribution in [2.24, 2.45) is 5.73 Å². The number of benzene rings is 1. The van der Waals surface area contributed by atoms with E-state index in [1.807, 2.05) is 30.3 Å². The smallest absolute Gasteiger partial charge is 0.333 e. The van der Waals surface area contributed by atoms with Crippen LogP contribution >= 0.6 is 0 Å². The van der Waals surface area contributed by atoms with E-state index in [4.69, 9.17) is 0 Å². The number of carbonyl (C=O) groups excluding carboxylic acids is 1. The van der Waals surface area contributed by atoms with Gasteiger partial charge in [0.25, 0.3) is 0 Å². The second kappa shape index (κ2) is 4.35. The Balaban J connectivity index is 2.29. The Morgan fingerprint density at radius 1 is 1.33 bits per heavy atom. The SMILES string of the molecule is NC(=O)OOCc1ccccc1. The van der Waals surface area contributed by atoms with Crippen LogP contribution < -0.4 is 5.73 Å². The van der Waals surface area contributed by atoms with Crippen LogP contribution in [0, 0.1) is 0 Å². The molecule has 0 aromatic heterocycles. The van der Waals surface area contributed by atoms with Gasteiger partial charge in [-0.15, -0.1) is 0 Å². The third-order valence-corrected chi connectivity index (χ3v) is 1.21. The van der Waals surface area contributed by atoms with Gasteiger partial charge in [0.05, 0.1) is 0 Å². The van der Waals surface area contributed by atoms with Crippen LogP contribution in [0.2, 0.25) is 0 Å². The minimum absolute atomic E-state index is 0.212. The molecule has 0 fully saturated rings. The van der Waals surface area contributed by atoms with E-state index in [2.05, 4.69) is 15.5 Å². The molecule has 4 heteroatoms. The monoisotopic (exact) mass is 167 g/mol. The summed E-state index contributed by atoms with van der Waals surface area (Å²) in [6.45, 7) is 0.212. The van der Waals surface area contributed by atoms with Gasteiger partial charge < -0.3 is 5.73 Å². The van der Waals surface area contributed by atoms with Gasteiger partial charge in [0, 0.05) is 0 Å². The van der Waals surface area contributed by atoms with E-state index in [1.54, 1.807) is 0 Å². The van der Waals surface area contributed by atoms with Gasteiger partial charge >= 0.3 is 6.09 Å².